The summed E-state index contributed by atoms with van der Waals surface area (Å²) in [6.45, 7) is 0.562. The molecule has 1 aromatic heterocycles. The number of benzene rings is 2. The molecule has 1 amide bonds. The lowest BCUT2D eigenvalue weighted by molar-refractivity contribution is -0.123. The third kappa shape index (κ3) is 4.29. The van der Waals surface area contributed by atoms with Gasteiger partial charge in [0.25, 0.3) is 5.91 Å². The maximum absolute atomic E-state index is 11.9. The van der Waals surface area contributed by atoms with Gasteiger partial charge in [-0.05, 0) is 24.5 Å². The van der Waals surface area contributed by atoms with Gasteiger partial charge in [0, 0.05) is 17.3 Å². The van der Waals surface area contributed by atoms with Gasteiger partial charge in [0.05, 0.1) is 6.20 Å². The SMILES string of the molecule is O=C(COc1nncc2ccccc12)NCCCc1ccccc1. The Labute approximate surface area is 140 Å². The lowest BCUT2D eigenvalue weighted by atomic mass is 10.1. The fraction of sp³-hybridized carbons (Fsp3) is 0.211. The van der Waals surface area contributed by atoms with Gasteiger partial charge in [0.15, 0.2) is 6.61 Å². The van der Waals surface area contributed by atoms with Gasteiger partial charge < -0.3 is 10.1 Å². The zero-order valence-electron chi connectivity index (χ0n) is 13.3. The van der Waals surface area contributed by atoms with Gasteiger partial charge in [-0.1, -0.05) is 48.5 Å². The van der Waals surface area contributed by atoms with Gasteiger partial charge in [0.1, 0.15) is 0 Å². The molecule has 0 saturated carbocycles. The minimum Gasteiger partial charge on any atom is -0.466 e. The molecular formula is C19H19N3O2. The number of amides is 1. The van der Waals surface area contributed by atoms with Crippen molar-refractivity contribution in [2.24, 2.45) is 0 Å². The molecule has 0 saturated heterocycles. The molecule has 2 aromatic carbocycles. The summed E-state index contributed by atoms with van der Waals surface area (Å²) in [7, 11) is 0. The minimum absolute atomic E-state index is 0.0615. The predicted molar refractivity (Wildman–Crippen MR) is 92.8 cm³/mol. The minimum atomic E-state index is -0.155. The number of hydrogen-bond donors (Lipinski definition) is 1. The molecule has 0 aliphatic carbocycles. The van der Waals surface area contributed by atoms with E-state index < -0.39 is 0 Å². The van der Waals surface area contributed by atoms with Crippen molar-refractivity contribution in [3.8, 4) is 5.88 Å². The summed E-state index contributed by atoms with van der Waals surface area (Å²) < 4.78 is 5.51. The van der Waals surface area contributed by atoms with Crippen LogP contribution in [0.3, 0.4) is 0 Å². The molecule has 3 aromatic rings. The van der Waals surface area contributed by atoms with Crippen molar-refractivity contribution in [3.63, 3.8) is 0 Å². The van der Waals surface area contributed by atoms with Crippen molar-refractivity contribution >= 4 is 16.7 Å². The molecule has 1 heterocycles. The van der Waals surface area contributed by atoms with E-state index >= 15 is 0 Å². The Morgan fingerprint density at radius 3 is 2.71 bits per heavy atom. The largest absolute Gasteiger partial charge is 0.466 e. The van der Waals surface area contributed by atoms with E-state index in [1.807, 2.05) is 42.5 Å². The van der Waals surface area contributed by atoms with Crippen LogP contribution in [-0.2, 0) is 11.2 Å². The van der Waals surface area contributed by atoms with E-state index in [0.717, 1.165) is 23.6 Å². The quantitative estimate of drug-likeness (QED) is 0.680. The number of nitrogens with one attached hydrogen (secondary N) is 1. The molecule has 0 aliphatic rings. The highest BCUT2D eigenvalue weighted by molar-refractivity contribution is 5.86. The van der Waals surface area contributed by atoms with Crippen LogP contribution in [0, 0.1) is 0 Å². The van der Waals surface area contributed by atoms with Crippen LogP contribution in [0.2, 0.25) is 0 Å². The monoisotopic (exact) mass is 321 g/mol. The van der Waals surface area contributed by atoms with Crippen molar-refractivity contribution in [2.45, 2.75) is 12.8 Å². The standard InChI is InChI=1S/C19H19N3O2/c23-18(20-12-6-9-15-7-2-1-3-8-15)14-24-19-17-11-5-4-10-16(17)13-21-22-19/h1-5,7-8,10-11,13H,6,9,12,14H2,(H,20,23). The van der Waals surface area contributed by atoms with Crippen molar-refractivity contribution < 1.29 is 9.53 Å². The molecular weight excluding hydrogens is 302 g/mol. The lowest BCUT2D eigenvalue weighted by Gasteiger charge is -2.08. The summed E-state index contributed by atoms with van der Waals surface area (Å²) in [5.41, 5.74) is 1.27. The number of hydrogen-bond acceptors (Lipinski definition) is 4. The summed E-state index contributed by atoms with van der Waals surface area (Å²) in [6.07, 6.45) is 3.51. The van der Waals surface area contributed by atoms with Crippen molar-refractivity contribution in [1.82, 2.24) is 15.5 Å². The van der Waals surface area contributed by atoms with Gasteiger partial charge in [-0.25, -0.2) is 0 Å². The average Bonchev–Trinajstić information content (AvgIpc) is 2.64. The van der Waals surface area contributed by atoms with Gasteiger partial charge >= 0.3 is 0 Å². The number of ether oxygens (including phenoxy) is 1. The molecule has 0 atom stereocenters. The average molecular weight is 321 g/mol. The second-order valence-corrected chi connectivity index (χ2v) is 5.46. The second kappa shape index (κ2) is 8.06. The van der Waals surface area contributed by atoms with E-state index in [1.165, 1.54) is 5.56 Å². The summed E-state index contributed by atoms with van der Waals surface area (Å²) in [5.74, 6) is 0.227. The molecule has 3 rings (SSSR count). The van der Waals surface area contributed by atoms with E-state index in [4.69, 9.17) is 4.74 Å². The fourth-order valence-corrected chi connectivity index (χ4v) is 2.46. The third-order valence-electron chi connectivity index (χ3n) is 3.68. The first-order chi connectivity index (χ1) is 11.8. The Bertz CT molecular complexity index is 801. The summed E-state index contributed by atoms with van der Waals surface area (Å²) >= 11 is 0. The summed E-state index contributed by atoms with van der Waals surface area (Å²) in [6, 6.07) is 17.9. The van der Waals surface area contributed by atoms with Crippen LogP contribution < -0.4 is 10.1 Å². The molecule has 0 bridgehead atoms. The van der Waals surface area contributed by atoms with Crippen molar-refractivity contribution in [3.05, 3.63) is 66.4 Å². The number of fused-ring (bicyclic) bond motifs is 1. The number of nitrogens with zero attached hydrogens (tertiary/aromatic N) is 2. The van der Waals surface area contributed by atoms with Gasteiger partial charge in [-0.15, -0.1) is 5.10 Å². The normalized spacial score (nSPS) is 10.5. The summed E-state index contributed by atoms with van der Waals surface area (Å²) in [5, 5.41) is 12.5. The maximum Gasteiger partial charge on any atom is 0.258 e. The number of aromatic nitrogens is 2. The van der Waals surface area contributed by atoms with Crippen LogP contribution in [0.15, 0.2) is 60.8 Å². The van der Waals surface area contributed by atoms with Crippen molar-refractivity contribution in [2.75, 3.05) is 13.2 Å². The third-order valence-corrected chi connectivity index (χ3v) is 3.68. The zero-order valence-corrected chi connectivity index (χ0v) is 13.3. The van der Waals surface area contributed by atoms with Crippen LogP contribution >= 0.6 is 0 Å². The first-order valence-electron chi connectivity index (χ1n) is 7.97. The highest BCUT2D eigenvalue weighted by Gasteiger charge is 2.07. The summed E-state index contributed by atoms with van der Waals surface area (Å²) in [4.78, 5) is 11.9. The Kier molecular flexibility index (Phi) is 5.35. The molecule has 0 unspecified atom stereocenters. The molecule has 0 fully saturated rings. The number of carbonyl (C=O) groups is 1. The first kappa shape index (κ1) is 15.9. The highest BCUT2D eigenvalue weighted by atomic mass is 16.5. The van der Waals surface area contributed by atoms with Gasteiger partial charge in [-0.2, -0.15) is 5.10 Å². The van der Waals surface area contributed by atoms with Crippen LogP contribution in [-0.4, -0.2) is 29.3 Å². The molecule has 5 heteroatoms. The Morgan fingerprint density at radius 2 is 1.83 bits per heavy atom. The Balaban J connectivity index is 1.44. The number of rotatable bonds is 7. The van der Waals surface area contributed by atoms with Crippen LogP contribution in [0.5, 0.6) is 5.88 Å². The van der Waals surface area contributed by atoms with E-state index in [9.17, 15) is 4.79 Å². The molecule has 5 nitrogen and oxygen atoms in total. The number of aryl methyl sites for hydroxylation is 1. The Morgan fingerprint density at radius 1 is 1.04 bits per heavy atom. The molecule has 0 aliphatic heterocycles. The maximum atomic E-state index is 11.9. The topological polar surface area (TPSA) is 64.1 Å². The van der Waals surface area contributed by atoms with E-state index in [-0.39, 0.29) is 12.5 Å². The van der Waals surface area contributed by atoms with E-state index in [2.05, 4.69) is 27.6 Å². The smallest absolute Gasteiger partial charge is 0.258 e. The Hall–Kier alpha value is -2.95. The van der Waals surface area contributed by atoms with Crippen LogP contribution in [0.4, 0.5) is 0 Å². The van der Waals surface area contributed by atoms with Gasteiger partial charge in [-0.3, -0.25) is 4.79 Å². The predicted octanol–water partition coefficient (Wildman–Crippen LogP) is 2.76. The molecule has 24 heavy (non-hydrogen) atoms. The van der Waals surface area contributed by atoms with Gasteiger partial charge in [0.2, 0.25) is 5.88 Å². The second-order valence-electron chi connectivity index (χ2n) is 5.46. The zero-order chi connectivity index (χ0) is 16.6. The molecule has 0 radical (unpaired) electrons. The van der Waals surface area contributed by atoms with Crippen molar-refractivity contribution in [1.29, 1.82) is 0 Å². The van der Waals surface area contributed by atoms with E-state index in [1.54, 1.807) is 6.20 Å². The first-order valence-corrected chi connectivity index (χ1v) is 7.97. The van der Waals surface area contributed by atoms with E-state index in [0.29, 0.717) is 12.4 Å². The highest BCUT2D eigenvalue weighted by Crippen LogP contribution is 2.20. The van der Waals surface area contributed by atoms with Crippen LogP contribution in [0.25, 0.3) is 10.8 Å². The molecule has 122 valence electrons. The number of carbonyl (C=O) groups excluding carboxylic acids is 1. The lowest BCUT2D eigenvalue weighted by Crippen LogP contribution is -2.30. The molecule has 1 N–H and O–H groups in total. The molecule has 0 spiro atoms. The van der Waals surface area contributed by atoms with Crippen LogP contribution in [0.1, 0.15) is 12.0 Å². The fourth-order valence-electron chi connectivity index (χ4n) is 2.46.